The first-order valence-electron chi connectivity index (χ1n) is 4.11. The Morgan fingerprint density at radius 3 is 3.10 bits per heavy atom. The molecule has 3 saturated heterocycles. The van der Waals surface area contributed by atoms with E-state index in [0.29, 0.717) is 12.1 Å². The third kappa shape index (κ3) is 1.05. The minimum absolute atomic E-state index is 0.610. The summed E-state index contributed by atoms with van der Waals surface area (Å²) in [5.74, 6) is 5.81. The van der Waals surface area contributed by atoms with Gasteiger partial charge in [0.15, 0.2) is 0 Å². The van der Waals surface area contributed by atoms with Crippen molar-refractivity contribution in [1.29, 1.82) is 0 Å². The van der Waals surface area contributed by atoms with Crippen molar-refractivity contribution in [1.82, 2.24) is 10.3 Å². The summed E-state index contributed by atoms with van der Waals surface area (Å²) in [6.45, 7) is 2.14. The topological polar surface area (TPSA) is 41.3 Å². The van der Waals surface area contributed by atoms with Gasteiger partial charge in [0.05, 0.1) is 0 Å². The molecule has 0 aromatic rings. The Hall–Kier alpha value is -0.120. The first kappa shape index (κ1) is 6.58. The number of fused-ring (bicyclic) bond motifs is 4. The van der Waals surface area contributed by atoms with Gasteiger partial charge in [0.25, 0.3) is 0 Å². The molecule has 0 aliphatic carbocycles. The standard InChI is InChI=1S/C7H15N3/c8-10-5-6-2-1-3-7(10)4-9-6/h6-7,9H,1-5,8H2. The van der Waals surface area contributed by atoms with Gasteiger partial charge in [-0.1, -0.05) is 6.42 Å². The molecule has 3 nitrogen and oxygen atoms in total. The number of hydrazine groups is 1. The summed E-state index contributed by atoms with van der Waals surface area (Å²) in [7, 11) is 0. The van der Waals surface area contributed by atoms with Gasteiger partial charge in [-0.3, -0.25) is 5.84 Å². The molecule has 0 radical (unpaired) electrons. The van der Waals surface area contributed by atoms with E-state index in [-0.39, 0.29) is 0 Å². The van der Waals surface area contributed by atoms with Crippen LogP contribution in [0, 0.1) is 0 Å². The normalized spacial score (nSPS) is 41.7. The molecule has 3 aliphatic heterocycles. The summed E-state index contributed by atoms with van der Waals surface area (Å²) >= 11 is 0. The minimum atomic E-state index is 0.610. The fourth-order valence-electron chi connectivity index (χ4n) is 1.95. The van der Waals surface area contributed by atoms with E-state index in [1.54, 1.807) is 0 Å². The monoisotopic (exact) mass is 141 g/mol. The van der Waals surface area contributed by atoms with Crippen molar-refractivity contribution in [2.75, 3.05) is 13.1 Å². The SMILES string of the molecule is NN1CC2CCCC1CN2. The lowest BCUT2D eigenvalue weighted by Gasteiger charge is -2.33. The van der Waals surface area contributed by atoms with E-state index in [1.165, 1.54) is 19.3 Å². The van der Waals surface area contributed by atoms with Gasteiger partial charge in [-0.2, -0.15) is 0 Å². The van der Waals surface area contributed by atoms with E-state index in [2.05, 4.69) is 5.32 Å². The van der Waals surface area contributed by atoms with Crippen molar-refractivity contribution in [3.05, 3.63) is 0 Å². The Labute approximate surface area is 61.5 Å². The number of nitrogens with two attached hydrogens (primary N) is 1. The fourth-order valence-corrected chi connectivity index (χ4v) is 1.95. The third-order valence-electron chi connectivity index (χ3n) is 2.63. The number of nitrogens with zero attached hydrogens (tertiary/aromatic N) is 1. The van der Waals surface area contributed by atoms with Gasteiger partial charge in [-0.15, -0.1) is 0 Å². The third-order valence-corrected chi connectivity index (χ3v) is 2.63. The smallest absolute Gasteiger partial charge is 0.0366 e. The fraction of sp³-hybridized carbons (Fsp3) is 1.00. The predicted molar refractivity (Wildman–Crippen MR) is 40.3 cm³/mol. The number of nitrogens with one attached hydrogen (secondary N) is 1. The molecule has 2 unspecified atom stereocenters. The molecule has 0 aromatic heterocycles. The molecule has 0 saturated carbocycles. The van der Waals surface area contributed by atoms with Crippen molar-refractivity contribution in [2.24, 2.45) is 5.84 Å². The first-order valence-corrected chi connectivity index (χ1v) is 4.11. The summed E-state index contributed by atoms with van der Waals surface area (Å²) in [5.41, 5.74) is 0. The molecule has 3 rings (SSSR count). The lowest BCUT2D eigenvalue weighted by Crippen LogP contribution is -2.57. The van der Waals surface area contributed by atoms with Crippen molar-refractivity contribution < 1.29 is 0 Å². The zero-order chi connectivity index (χ0) is 6.97. The maximum atomic E-state index is 5.81. The Kier molecular flexibility index (Phi) is 1.64. The Bertz CT molecular complexity index is 122. The maximum absolute atomic E-state index is 5.81. The van der Waals surface area contributed by atoms with Crippen LogP contribution in [-0.4, -0.2) is 30.2 Å². The van der Waals surface area contributed by atoms with E-state index in [0.717, 1.165) is 13.1 Å². The number of piperazine rings is 1. The van der Waals surface area contributed by atoms with E-state index in [1.807, 2.05) is 5.01 Å². The van der Waals surface area contributed by atoms with Crippen LogP contribution < -0.4 is 11.2 Å². The van der Waals surface area contributed by atoms with E-state index < -0.39 is 0 Å². The van der Waals surface area contributed by atoms with Gasteiger partial charge in [-0.25, -0.2) is 5.01 Å². The Morgan fingerprint density at radius 2 is 2.30 bits per heavy atom. The zero-order valence-corrected chi connectivity index (χ0v) is 6.21. The molecule has 3 heterocycles. The molecule has 0 amide bonds. The highest BCUT2D eigenvalue weighted by atomic mass is 15.4. The molecule has 0 spiro atoms. The molecule has 2 atom stereocenters. The predicted octanol–water partition coefficient (Wildman–Crippen LogP) is -0.314. The Morgan fingerprint density at radius 1 is 1.40 bits per heavy atom. The molecule has 3 N–H and O–H groups in total. The second-order valence-electron chi connectivity index (χ2n) is 3.39. The van der Waals surface area contributed by atoms with Crippen molar-refractivity contribution in [2.45, 2.75) is 31.3 Å². The molecule has 2 bridgehead atoms. The minimum Gasteiger partial charge on any atom is -0.311 e. The number of hydrogen-bond donors (Lipinski definition) is 2. The molecular formula is C7H15N3. The molecule has 3 fully saturated rings. The van der Waals surface area contributed by atoms with Crippen molar-refractivity contribution in [3.8, 4) is 0 Å². The molecule has 0 aromatic carbocycles. The first-order chi connectivity index (χ1) is 4.86. The van der Waals surface area contributed by atoms with Crippen LogP contribution in [0.15, 0.2) is 0 Å². The average molecular weight is 141 g/mol. The van der Waals surface area contributed by atoms with Crippen LogP contribution in [-0.2, 0) is 0 Å². The summed E-state index contributed by atoms with van der Waals surface area (Å²) in [5, 5.41) is 5.50. The van der Waals surface area contributed by atoms with Gasteiger partial charge in [0.1, 0.15) is 0 Å². The summed E-state index contributed by atoms with van der Waals surface area (Å²) in [4.78, 5) is 0. The van der Waals surface area contributed by atoms with Crippen molar-refractivity contribution in [3.63, 3.8) is 0 Å². The number of rotatable bonds is 0. The lowest BCUT2D eigenvalue weighted by atomic mass is 10.1. The highest BCUT2D eigenvalue weighted by Gasteiger charge is 2.28. The van der Waals surface area contributed by atoms with Crippen LogP contribution in [0.4, 0.5) is 0 Å². The molecule has 10 heavy (non-hydrogen) atoms. The van der Waals surface area contributed by atoms with Gasteiger partial charge in [0, 0.05) is 25.2 Å². The second kappa shape index (κ2) is 2.49. The molecular weight excluding hydrogens is 126 g/mol. The Balaban J connectivity index is 2.07. The van der Waals surface area contributed by atoms with Gasteiger partial charge in [-0.05, 0) is 12.8 Å². The highest BCUT2D eigenvalue weighted by molar-refractivity contribution is 4.87. The molecule has 58 valence electrons. The van der Waals surface area contributed by atoms with Crippen LogP contribution in [0.3, 0.4) is 0 Å². The van der Waals surface area contributed by atoms with Crippen LogP contribution in [0.5, 0.6) is 0 Å². The molecule has 3 heteroatoms. The quantitative estimate of drug-likeness (QED) is 0.454. The largest absolute Gasteiger partial charge is 0.311 e. The van der Waals surface area contributed by atoms with Crippen LogP contribution >= 0.6 is 0 Å². The highest BCUT2D eigenvalue weighted by Crippen LogP contribution is 2.18. The van der Waals surface area contributed by atoms with Crippen LogP contribution in [0.25, 0.3) is 0 Å². The van der Waals surface area contributed by atoms with E-state index in [4.69, 9.17) is 5.84 Å². The summed E-state index contributed by atoms with van der Waals surface area (Å²) in [6, 6.07) is 1.28. The molecule has 3 aliphatic rings. The van der Waals surface area contributed by atoms with Gasteiger partial charge in [0.2, 0.25) is 0 Å². The summed E-state index contributed by atoms with van der Waals surface area (Å²) < 4.78 is 0. The van der Waals surface area contributed by atoms with E-state index in [9.17, 15) is 0 Å². The summed E-state index contributed by atoms with van der Waals surface area (Å²) in [6.07, 6.45) is 3.93. The number of hydrogen-bond acceptors (Lipinski definition) is 3. The van der Waals surface area contributed by atoms with E-state index >= 15 is 0 Å². The lowest BCUT2D eigenvalue weighted by molar-refractivity contribution is 0.147. The second-order valence-corrected chi connectivity index (χ2v) is 3.39. The van der Waals surface area contributed by atoms with Gasteiger partial charge >= 0.3 is 0 Å². The zero-order valence-electron chi connectivity index (χ0n) is 6.21. The van der Waals surface area contributed by atoms with Crippen LogP contribution in [0.1, 0.15) is 19.3 Å². The average Bonchev–Trinajstić information content (AvgIpc) is 2.20. The van der Waals surface area contributed by atoms with Crippen molar-refractivity contribution >= 4 is 0 Å². The van der Waals surface area contributed by atoms with Crippen LogP contribution in [0.2, 0.25) is 0 Å². The van der Waals surface area contributed by atoms with Gasteiger partial charge < -0.3 is 5.32 Å². The maximum Gasteiger partial charge on any atom is 0.0366 e.